The Hall–Kier alpha value is -2.23. The van der Waals surface area contributed by atoms with Crippen molar-refractivity contribution in [2.24, 2.45) is 0 Å². The highest BCUT2D eigenvalue weighted by Gasteiger charge is 2.36. The summed E-state index contributed by atoms with van der Waals surface area (Å²) >= 11 is 6.05. The lowest BCUT2D eigenvalue weighted by molar-refractivity contribution is -0.0366. The summed E-state index contributed by atoms with van der Waals surface area (Å²) in [5.74, 6) is -4.56. The summed E-state index contributed by atoms with van der Waals surface area (Å²) in [5, 5.41) is 6.69. The van der Waals surface area contributed by atoms with Crippen LogP contribution in [0.3, 0.4) is 0 Å². The van der Waals surface area contributed by atoms with Crippen LogP contribution >= 0.6 is 11.6 Å². The molecule has 2 N–H and O–H groups in total. The zero-order valence-electron chi connectivity index (χ0n) is 16.7. The molecule has 4 rings (SSSR count). The van der Waals surface area contributed by atoms with Gasteiger partial charge in [0.05, 0.1) is 0 Å². The summed E-state index contributed by atoms with van der Waals surface area (Å²) in [6, 6.07) is 2.84. The third kappa shape index (κ3) is 5.93. The monoisotopic (exact) mass is 458 g/mol. The fourth-order valence-electron chi connectivity index (χ4n) is 3.88. The van der Waals surface area contributed by atoms with Gasteiger partial charge in [0.1, 0.15) is 5.69 Å². The molecule has 0 aromatic carbocycles. The first-order valence-corrected chi connectivity index (χ1v) is 10.7. The van der Waals surface area contributed by atoms with E-state index in [0.717, 1.165) is 0 Å². The van der Waals surface area contributed by atoms with Gasteiger partial charge in [-0.15, -0.1) is 0 Å². The van der Waals surface area contributed by atoms with Gasteiger partial charge >= 0.3 is 0 Å². The molecular weight excluding hydrogens is 436 g/mol. The Kier molecular flexibility index (Phi) is 6.18. The van der Waals surface area contributed by atoms with Crippen molar-refractivity contribution in [1.29, 1.82) is 0 Å². The van der Waals surface area contributed by atoms with Gasteiger partial charge in [-0.1, -0.05) is 11.6 Å². The van der Waals surface area contributed by atoms with E-state index in [4.69, 9.17) is 11.6 Å². The highest BCUT2D eigenvalue weighted by Crippen LogP contribution is 2.35. The Morgan fingerprint density at radius 2 is 1.29 bits per heavy atom. The van der Waals surface area contributed by atoms with Gasteiger partial charge in [0, 0.05) is 49.0 Å². The molecule has 0 unspecified atom stereocenters. The van der Waals surface area contributed by atoms with Gasteiger partial charge in [-0.3, -0.25) is 4.98 Å². The molecule has 2 heterocycles. The standard InChI is InChI=1S/C20H23ClF4N6/c21-12-5-10-26-15(11-12)16-29-17(27-13-1-6-19(22,23)7-2-13)31-18(30-16)28-14-3-8-20(24,25)9-4-14/h5,10-11,13-14H,1-4,6-9H2,(H2,27,28,29,30,31). The summed E-state index contributed by atoms with van der Waals surface area (Å²) in [5.41, 5.74) is 0.423. The largest absolute Gasteiger partial charge is 0.351 e. The minimum atomic E-state index is -2.64. The summed E-state index contributed by atoms with van der Waals surface area (Å²) < 4.78 is 53.9. The van der Waals surface area contributed by atoms with Crippen molar-refractivity contribution in [3.05, 3.63) is 23.4 Å². The second-order valence-corrected chi connectivity index (χ2v) is 8.65. The van der Waals surface area contributed by atoms with Crippen molar-refractivity contribution in [2.75, 3.05) is 10.6 Å². The van der Waals surface area contributed by atoms with Gasteiger partial charge in [0.25, 0.3) is 0 Å². The molecule has 2 aliphatic rings. The molecule has 2 saturated carbocycles. The van der Waals surface area contributed by atoms with Crippen molar-refractivity contribution < 1.29 is 17.6 Å². The first-order chi connectivity index (χ1) is 14.7. The predicted molar refractivity (Wildman–Crippen MR) is 110 cm³/mol. The minimum Gasteiger partial charge on any atom is -0.351 e. The van der Waals surface area contributed by atoms with Crippen LogP contribution < -0.4 is 10.6 Å². The van der Waals surface area contributed by atoms with Crippen LogP contribution in [0.5, 0.6) is 0 Å². The molecule has 0 bridgehead atoms. The van der Waals surface area contributed by atoms with Gasteiger partial charge in [-0.05, 0) is 37.8 Å². The van der Waals surface area contributed by atoms with Crippen molar-refractivity contribution in [1.82, 2.24) is 19.9 Å². The second kappa shape index (κ2) is 8.72. The van der Waals surface area contributed by atoms with Gasteiger partial charge in [0.2, 0.25) is 23.7 Å². The Morgan fingerprint density at radius 1 is 0.806 bits per heavy atom. The molecule has 6 nitrogen and oxygen atoms in total. The van der Waals surface area contributed by atoms with Crippen molar-refractivity contribution in [2.45, 2.75) is 75.3 Å². The maximum Gasteiger partial charge on any atom is 0.248 e. The van der Waals surface area contributed by atoms with E-state index in [1.165, 1.54) is 6.20 Å². The van der Waals surface area contributed by atoms with E-state index < -0.39 is 11.8 Å². The molecule has 2 fully saturated rings. The Balaban J connectivity index is 1.55. The zero-order chi connectivity index (χ0) is 22.1. The molecule has 11 heteroatoms. The van der Waals surface area contributed by atoms with Crippen molar-refractivity contribution >= 4 is 23.5 Å². The van der Waals surface area contributed by atoms with E-state index in [9.17, 15) is 17.6 Å². The fraction of sp³-hybridized carbons (Fsp3) is 0.600. The van der Waals surface area contributed by atoms with Gasteiger partial charge in [-0.25, -0.2) is 17.6 Å². The molecule has 0 aliphatic heterocycles. The van der Waals surface area contributed by atoms with Crippen LogP contribution in [0.2, 0.25) is 5.02 Å². The number of nitrogens with one attached hydrogen (secondary N) is 2. The average Bonchev–Trinajstić information content (AvgIpc) is 2.71. The lowest BCUT2D eigenvalue weighted by atomic mass is 9.92. The highest BCUT2D eigenvalue weighted by molar-refractivity contribution is 6.30. The number of hydrogen-bond donors (Lipinski definition) is 2. The molecule has 0 radical (unpaired) electrons. The van der Waals surface area contributed by atoms with E-state index in [-0.39, 0.29) is 55.5 Å². The maximum absolute atomic E-state index is 13.5. The summed E-state index contributed by atoms with van der Waals surface area (Å²) in [6.07, 6.45) is 1.93. The molecule has 0 amide bonds. The molecule has 168 valence electrons. The Morgan fingerprint density at radius 3 is 1.74 bits per heavy atom. The number of nitrogens with zero attached hydrogens (tertiary/aromatic N) is 4. The molecule has 0 saturated heterocycles. The first-order valence-electron chi connectivity index (χ1n) is 10.3. The highest BCUT2D eigenvalue weighted by atomic mass is 35.5. The van der Waals surface area contributed by atoms with Crippen LogP contribution in [0.15, 0.2) is 18.3 Å². The summed E-state index contributed by atoms with van der Waals surface area (Å²) in [7, 11) is 0. The number of halogens is 5. The number of aromatic nitrogens is 4. The van der Waals surface area contributed by atoms with E-state index >= 15 is 0 Å². The SMILES string of the molecule is FC1(F)CCC(Nc2nc(NC3CCC(F)(F)CC3)nc(-c3cc(Cl)ccn3)n2)CC1. The van der Waals surface area contributed by atoms with E-state index in [1.54, 1.807) is 12.1 Å². The van der Waals surface area contributed by atoms with Crippen LogP contribution in [0, 0.1) is 0 Å². The Bertz CT molecular complexity index is 860. The quantitative estimate of drug-likeness (QED) is 0.571. The van der Waals surface area contributed by atoms with Crippen LogP contribution in [-0.2, 0) is 0 Å². The molecule has 0 atom stereocenters. The second-order valence-electron chi connectivity index (χ2n) is 8.21. The first kappa shape index (κ1) is 22.0. The van der Waals surface area contributed by atoms with E-state index in [0.29, 0.717) is 36.4 Å². The van der Waals surface area contributed by atoms with Gasteiger partial charge in [-0.2, -0.15) is 15.0 Å². The Labute approximate surface area is 182 Å². The van der Waals surface area contributed by atoms with Gasteiger partial charge < -0.3 is 10.6 Å². The summed E-state index contributed by atoms with van der Waals surface area (Å²) in [6.45, 7) is 0. The lowest BCUT2D eigenvalue weighted by Gasteiger charge is -2.30. The maximum atomic E-state index is 13.5. The van der Waals surface area contributed by atoms with E-state index in [2.05, 4.69) is 30.6 Å². The van der Waals surface area contributed by atoms with E-state index in [1.807, 2.05) is 0 Å². The van der Waals surface area contributed by atoms with Crippen LogP contribution in [0.4, 0.5) is 29.5 Å². The number of anilines is 2. The third-order valence-corrected chi connectivity index (χ3v) is 5.92. The van der Waals surface area contributed by atoms with Crippen LogP contribution in [-0.4, -0.2) is 43.9 Å². The number of rotatable bonds is 5. The van der Waals surface area contributed by atoms with Crippen molar-refractivity contribution in [3.8, 4) is 11.5 Å². The van der Waals surface area contributed by atoms with Crippen molar-refractivity contribution in [3.63, 3.8) is 0 Å². The van der Waals surface area contributed by atoms with Gasteiger partial charge in [0.15, 0.2) is 5.82 Å². The molecule has 2 aliphatic carbocycles. The topological polar surface area (TPSA) is 75.6 Å². The predicted octanol–water partition coefficient (Wildman–Crippen LogP) is 5.57. The smallest absolute Gasteiger partial charge is 0.248 e. The van der Waals surface area contributed by atoms with Crippen LogP contribution in [0.1, 0.15) is 51.4 Å². The molecular formula is C20H23ClF4N6. The summed E-state index contributed by atoms with van der Waals surface area (Å²) in [4.78, 5) is 17.4. The minimum absolute atomic E-state index is 0.191. The molecule has 2 aromatic heterocycles. The molecule has 31 heavy (non-hydrogen) atoms. The number of alkyl halides is 4. The molecule has 2 aromatic rings. The normalized spacial score (nSPS) is 21.6. The molecule has 0 spiro atoms. The number of hydrogen-bond acceptors (Lipinski definition) is 6. The lowest BCUT2D eigenvalue weighted by Crippen LogP contribution is -2.33. The number of pyridine rings is 1. The zero-order valence-corrected chi connectivity index (χ0v) is 17.5. The van der Waals surface area contributed by atoms with Crippen LogP contribution in [0.25, 0.3) is 11.5 Å². The fourth-order valence-corrected chi connectivity index (χ4v) is 4.04. The average molecular weight is 459 g/mol. The third-order valence-electron chi connectivity index (χ3n) is 5.69.